The zero-order chi connectivity index (χ0) is 21.1. The first-order valence-electron chi connectivity index (χ1n) is 8.32. The summed E-state index contributed by atoms with van der Waals surface area (Å²) in [6, 6.07) is 17.6. The van der Waals surface area contributed by atoms with Gasteiger partial charge in [-0.2, -0.15) is 13.2 Å². The monoisotopic (exact) mass is 420 g/mol. The second-order valence-electron chi connectivity index (χ2n) is 6.03. The van der Waals surface area contributed by atoms with Crippen LogP contribution in [0.4, 0.5) is 24.5 Å². The van der Waals surface area contributed by atoms with E-state index in [9.17, 15) is 26.4 Å². The van der Waals surface area contributed by atoms with Crippen LogP contribution in [0.3, 0.4) is 0 Å². The van der Waals surface area contributed by atoms with Gasteiger partial charge in [-0.1, -0.05) is 24.3 Å². The summed E-state index contributed by atoms with van der Waals surface area (Å²) in [6.07, 6.45) is -4.53. The number of anilines is 2. The standard InChI is InChI=1S/C20H15F3N2O3S/c21-20(22,23)15-5-4-8-17(13-15)24-19(26)14-9-11-18(12-10-14)29(27,28)25-16-6-2-1-3-7-16/h1-13,25H,(H,24,26). The van der Waals surface area contributed by atoms with E-state index in [0.29, 0.717) is 5.69 Å². The lowest BCUT2D eigenvalue weighted by Crippen LogP contribution is -2.15. The van der Waals surface area contributed by atoms with Gasteiger partial charge >= 0.3 is 6.18 Å². The fourth-order valence-corrected chi connectivity index (χ4v) is 3.54. The van der Waals surface area contributed by atoms with Crippen LogP contribution in [0.1, 0.15) is 15.9 Å². The van der Waals surface area contributed by atoms with Crippen molar-refractivity contribution in [3.63, 3.8) is 0 Å². The Morgan fingerprint density at radius 3 is 2.03 bits per heavy atom. The quantitative estimate of drug-likeness (QED) is 0.625. The number of carbonyl (C=O) groups is 1. The van der Waals surface area contributed by atoms with E-state index in [1.807, 2.05) is 0 Å². The molecule has 0 unspecified atom stereocenters. The summed E-state index contributed by atoms with van der Waals surface area (Å²) in [6.45, 7) is 0. The number of benzene rings is 3. The number of halogens is 3. The highest BCUT2D eigenvalue weighted by Gasteiger charge is 2.30. The molecule has 3 aromatic rings. The number of hydrogen-bond acceptors (Lipinski definition) is 3. The van der Waals surface area contributed by atoms with Gasteiger partial charge in [-0.3, -0.25) is 9.52 Å². The number of carbonyl (C=O) groups excluding carboxylic acids is 1. The summed E-state index contributed by atoms with van der Waals surface area (Å²) in [4.78, 5) is 12.2. The summed E-state index contributed by atoms with van der Waals surface area (Å²) in [5.74, 6) is -0.663. The van der Waals surface area contributed by atoms with Crippen molar-refractivity contribution in [2.75, 3.05) is 10.0 Å². The molecule has 0 aliphatic rings. The maximum atomic E-state index is 12.8. The van der Waals surface area contributed by atoms with Gasteiger partial charge in [0.25, 0.3) is 15.9 Å². The molecule has 2 N–H and O–H groups in total. The van der Waals surface area contributed by atoms with Gasteiger partial charge in [0.15, 0.2) is 0 Å². The molecule has 5 nitrogen and oxygen atoms in total. The van der Waals surface area contributed by atoms with E-state index < -0.39 is 27.7 Å². The summed E-state index contributed by atoms with van der Waals surface area (Å²) in [5.41, 5.74) is -0.420. The van der Waals surface area contributed by atoms with Crippen LogP contribution in [0.25, 0.3) is 0 Å². The predicted molar refractivity (Wildman–Crippen MR) is 103 cm³/mol. The maximum Gasteiger partial charge on any atom is 0.416 e. The minimum Gasteiger partial charge on any atom is -0.322 e. The summed E-state index contributed by atoms with van der Waals surface area (Å²) >= 11 is 0. The molecule has 0 atom stereocenters. The molecular formula is C20H15F3N2O3S. The Morgan fingerprint density at radius 1 is 0.793 bits per heavy atom. The van der Waals surface area contributed by atoms with Crippen LogP contribution in [0, 0.1) is 0 Å². The minimum absolute atomic E-state index is 0.0210. The van der Waals surface area contributed by atoms with Crippen molar-refractivity contribution in [3.8, 4) is 0 Å². The van der Waals surface area contributed by atoms with Gasteiger partial charge in [-0.15, -0.1) is 0 Å². The first-order valence-corrected chi connectivity index (χ1v) is 9.80. The largest absolute Gasteiger partial charge is 0.416 e. The van der Waals surface area contributed by atoms with Crippen molar-refractivity contribution in [2.45, 2.75) is 11.1 Å². The van der Waals surface area contributed by atoms with E-state index in [0.717, 1.165) is 12.1 Å². The Morgan fingerprint density at radius 2 is 1.41 bits per heavy atom. The first-order chi connectivity index (χ1) is 13.6. The van der Waals surface area contributed by atoms with Crippen LogP contribution in [0.2, 0.25) is 0 Å². The summed E-state index contributed by atoms with van der Waals surface area (Å²) in [7, 11) is -3.84. The number of amides is 1. The molecule has 0 spiro atoms. The van der Waals surface area contributed by atoms with Gasteiger partial charge < -0.3 is 5.32 Å². The highest BCUT2D eigenvalue weighted by molar-refractivity contribution is 7.92. The van der Waals surface area contributed by atoms with Crippen LogP contribution >= 0.6 is 0 Å². The number of nitrogens with one attached hydrogen (secondary N) is 2. The number of sulfonamides is 1. The maximum absolute atomic E-state index is 12.8. The number of alkyl halides is 3. The first kappa shape index (κ1) is 20.4. The molecule has 0 aliphatic heterocycles. The van der Waals surface area contributed by atoms with Crippen molar-refractivity contribution in [2.24, 2.45) is 0 Å². The Balaban J connectivity index is 1.74. The van der Waals surface area contributed by atoms with E-state index in [1.165, 1.54) is 36.4 Å². The van der Waals surface area contributed by atoms with Crippen molar-refractivity contribution in [1.82, 2.24) is 0 Å². The third-order valence-electron chi connectivity index (χ3n) is 3.90. The average molecular weight is 420 g/mol. The molecule has 0 heterocycles. The van der Waals surface area contributed by atoms with Crippen LogP contribution < -0.4 is 10.0 Å². The summed E-state index contributed by atoms with van der Waals surface area (Å²) in [5, 5.41) is 2.36. The SMILES string of the molecule is O=C(Nc1cccc(C(F)(F)F)c1)c1ccc(S(=O)(=O)Nc2ccccc2)cc1. The predicted octanol–water partition coefficient (Wildman–Crippen LogP) is 4.76. The zero-order valence-electron chi connectivity index (χ0n) is 14.8. The number of para-hydroxylation sites is 1. The van der Waals surface area contributed by atoms with Crippen LogP contribution in [-0.4, -0.2) is 14.3 Å². The smallest absolute Gasteiger partial charge is 0.322 e. The van der Waals surface area contributed by atoms with Gasteiger partial charge in [0, 0.05) is 16.9 Å². The van der Waals surface area contributed by atoms with E-state index in [2.05, 4.69) is 10.0 Å². The number of rotatable bonds is 5. The molecule has 0 aliphatic carbocycles. The molecule has 29 heavy (non-hydrogen) atoms. The van der Waals surface area contributed by atoms with Gasteiger partial charge in [0.1, 0.15) is 0 Å². The second-order valence-corrected chi connectivity index (χ2v) is 7.71. The molecule has 150 valence electrons. The molecule has 9 heteroatoms. The fraction of sp³-hybridized carbons (Fsp3) is 0.0500. The molecule has 0 aromatic heterocycles. The Hall–Kier alpha value is -3.33. The molecular weight excluding hydrogens is 405 g/mol. The van der Waals surface area contributed by atoms with Crippen LogP contribution in [0.5, 0.6) is 0 Å². The van der Waals surface area contributed by atoms with E-state index >= 15 is 0 Å². The zero-order valence-corrected chi connectivity index (χ0v) is 15.6. The lowest BCUT2D eigenvalue weighted by Gasteiger charge is -2.11. The number of hydrogen-bond donors (Lipinski definition) is 2. The minimum atomic E-state index is -4.53. The van der Waals surface area contributed by atoms with Crippen molar-refractivity contribution in [3.05, 3.63) is 90.0 Å². The molecule has 3 aromatic carbocycles. The molecule has 3 rings (SSSR count). The van der Waals surface area contributed by atoms with E-state index in [4.69, 9.17) is 0 Å². The van der Waals surface area contributed by atoms with Crippen molar-refractivity contribution in [1.29, 1.82) is 0 Å². The molecule has 0 radical (unpaired) electrons. The third-order valence-corrected chi connectivity index (χ3v) is 5.30. The molecule has 0 bridgehead atoms. The molecule has 1 amide bonds. The molecule has 0 saturated carbocycles. The van der Waals surface area contributed by atoms with Crippen molar-refractivity contribution >= 4 is 27.3 Å². The van der Waals surface area contributed by atoms with Gasteiger partial charge in [-0.25, -0.2) is 8.42 Å². The topological polar surface area (TPSA) is 75.3 Å². The van der Waals surface area contributed by atoms with Gasteiger partial charge in [-0.05, 0) is 54.6 Å². The average Bonchev–Trinajstić information content (AvgIpc) is 2.68. The van der Waals surface area contributed by atoms with E-state index in [-0.39, 0.29) is 16.1 Å². The third kappa shape index (κ3) is 5.14. The van der Waals surface area contributed by atoms with Crippen molar-refractivity contribution < 1.29 is 26.4 Å². The van der Waals surface area contributed by atoms with Gasteiger partial charge in [0.05, 0.1) is 10.5 Å². The summed E-state index contributed by atoms with van der Waals surface area (Å²) < 4.78 is 65.5. The Labute approximate surface area is 165 Å². The van der Waals surface area contributed by atoms with Crippen LogP contribution in [0.15, 0.2) is 83.8 Å². The molecule has 0 fully saturated rings. The van der Waals surface area contributed by atoms with Crippen LogP contribution in [-0.2, 0) is 16.2 Å². The lowest BCUT2D eigenvalue weighted by molar-refractivity contribution is -0.137. The second kappa shape index (κ2) is 7.96. The van der Waals surface area contributed by atoms with Gasteiger partial charge in [0.2, 0.25) is 0 Å². The Kier molecular flexibility index (Phi) is 5.60. The highest BCUT2D eigenvalue weighted by Crippen LogP contribution is 2.30. The fourth-order valence-electron chi connectivity index (χ4n) is 2.48. The normalized spacial score (nSPS) is 11.7. The Bertz CT molecular complexity index is 1110. The van der Waals surface area contributed by atoms with E-state index in [1.54, 1.807) is 30.3 Å². The lowest BCUT2D eigenvalue weighted by atomic mass is 10.1. The highest BCUT2D eigenvalue weighted by atomic mass is 32.2. The molecule has 0 saturated heterocycles.